The molecule has 4 heteroatoms. The van der Waals surface area contributed by atoms with E-state index in [0.29, 0.717) is 19.7 Å². The van der Waals surface area contributed by atoms with Crippen LogP contribution >= 0.6 is 0 Å². The lowest BCUT2D eigenvalue weighted by Gasteiger charge is -2.05. The third-order valence-corrected chi connectivity index (χ3v) is 3.40. The molecular formula is C20H22N2O2. The van der Waals surface area contributed by atoms with Gasteiger partial charge in [0.1, 0.15) is 12.4 Å². The molecule has 0 aliphatic rings. The lowest BCUT2D eigenvalue weighted by atomic mass is 10.1. The zero-order valence-corrected chi connectivity index (χ0v) is 13.8. The van der Waals surface area contributed by atoms with Gasteiger partial charge in [0, 0.05) is 6.54 Å². The van der Waals surface area contributed by atoms with E-state index in [1.165, 1.54) is 5.56 Å². The maximum Gasteiger partial charge on any atom is 0.315 e. The van der Waals surface area contributed by atoms with E-state index in [9.17, 15) is 4.79 Å². The van der Waals surface area contributed by atoms with Gasteiger partial charge in [0.05, 0.1) is 6.54 Å². The number of benzene rings is 2. The van der Waals surface area contributed by atoms with Gasteiger partial charge in [0.2, 0.25) is 0 Å². The van der Waals surface area contributed by atoms with Crippen LogP contribution in [0.15, 0.2) is 54.6 Å². The van der Waals surface area contributed by atoms with Gasteiger partial charge >= 0.3 is 6.03 Å². The molecule has 0 heterocycles. The van der Waals surface area contributed by atoms with Crippen LogP contribution in [0.25, 0.3) is 0 Å². The number of carbonyl (C=O) groups is 1. The number of nitrogens with one attached hydrogen (secondary N) is 2. The smallest absolute Gasteiger partial charge is 0.315 e. The molecule has 0 aliphatic carbocycles. The number of rotatable bonds is 6. The van der Waals surface area contributed by atoms with Gasteiger partial charge in [-0.3, -0.25) is 0 Å². The molecule has 124 valence electrons. The molecule has 0 saturated carbocycles. The molecule has 0 spiro atoms. The Morgan fingerprint density at radius 1 is 1.00 bits per heavy atom. The predicted octanol–water partition coefficient (Wildman–Crippen LogP) is 2.92. The predicted molar refractivity (Wildman–Crippen MR) is 96.0 cm³/mol. The van der Waals surface area contributed by atoms with E-state index in [2.05, 4.69) is 22.5 Å². The van der Waals surface area contributed by atoms with Crippen molar-refractivity contribution in [1.29, 1.82) is 0 Å². The van der Waals surface area contributed by atoms with Crippen LogP contribution in [-0.2, 0) is 6.42 Å². The van der Waals surface area contributed by atoms with Gasteiger partial charge in [-0.2, -0.15) is 0 Å². The summed E-state index contributed by atoms with van der Waals surface area (Å²) in [7, 11) is 0. The summed E-state index contributed by atoms with van der Waals surface area (Å²) in [6.07, 6.45) is 0.810. The molecule has 4 nitrogen and oxygen atoms in total. The largest absolute Gasteiger partial charge is 0.481 e. The van der Waals surface area contributed by atoms with Gasteiger partial charge in [-0.05, 0) is 30.5 Å². The van der Waals surface area contributed by atoms with Crippen molar-refractivity contribution in [2.75, 3.05) is 19.7 Å². The molecule has 0 atom stereocenters. The summed E-state index contributed by atoms with van der Waals surface area (Å²) in [6, 6.07) is 17.6. The Morgan fingerprint density at radius 2 is 1.75 bits per heavy atom. The monoisotopic (exact) mass is 322 g/mol. The summed E-state index contributed by atoms with van der Waals surface area (Å²) in [5.74, 6) is 6.58. The summed E-state index contributed by atoms with van der Waals surface area (Å²) in [5.41, 5.74) is 2.28. The van der Waals surface area contributed by atoms with Crippen molar-refractivity contribution in [2.45, 2.75) is 13.3 Å². The van der Waals surface area contributed by atoms with Crippen molar-refractivity contribution >= 4 is 6.03 Å². The number of hydrogen-bond acceptors (Lipinski definition) is 2. The number of amides is 2. The van der Waals surface area contributed by atoms with Crippen molar-refractivity contribution in [3.63, 3.8) is 0 Å². The van der Waals surface area contributed by atoms with Gasteiger partial charge in [0.15, 0.2) is 0 Å². The average molecular weight is 322 g/mol. The van der Waals surface area contributed by atoms with Gasteiger partial charge in [-0.15, -0.1) is 0 Å². The van der Waals surface area contributed by atoms with Crippen LogP contribution in [0.3, 0.4) is 0 Å². The number of ether oxygens (including phenoxy) is 1. The highest BCUT2D eigenvalue weighted by atomic mass is 16.5. The molecule has 2 amide bonds. The molecule has 0 aromatic heterocycles. The van der Waals surface area contributed by atoms with Crippen LogP contribution in [0.5, 0.6) is 5.75 Å². The molecular weight excluding hydrogens is 300 g/mol. The first-order valence-corrected chi connectivity index (χ1v) is 7.95. The molecule has 2 aromatic carbocycles. The Hall–Kier alpha value is -2.93. The zero-order valence-electron chi connectivity index (χ0n) is 13.8. The quantitative estimate of drug-likeness (QED) is 0.804. The topological polar surface area (TPSA) is 50.4 Å². The Kier molecular flexibility index (Phi) is 7.23. The van der Waals surface area contributed by atoms with Crippen LogP contribution in [0.2, 0.25) is 0 Å². The first-order valence-electron chi connectivity index (χ1n) is 7.95. The Labute approximate surface area is 143 Å². The highest BCUT2D eigenvalue weighted by Gasteiger charge is 1.98. The third kappa shape index (κ3) is 6.45. The Morgan fingerprint density at radius 3 is 2.54 bits per heavy atom. The molecule has 0 unspecified atom stereocenters. The minimum absolute atomic E-state index is 0.208. The molecule has 0 fully saturated rings. The highest BCUT2D eigenvalue weighted by Crippen LogP contribution is 2.15. The normalized spacial score (nSPS) is 9.54. The third-order valence-electron chi connectivity index (χ3n) is 3.40. The molecule has 2 N–H and O–H groups in total. The van der Waals surface area contributed by atoms with E-state index in [4.69, 9.17) is 4.74 Å². The molecule has 2 aromatic rings. The van der Waals surface area contributed by atoms with Gasteiger partial charge < -0.3 is 15.4 Å². The molecule has 0 aliphatic heterocycles. The highest BCUT2D eigenvalue weighted by molar-refractivity contribution is 5.74. The number of para-hydroxylation sites is 1. The lowest BCUT2D eigenvalue weighted by molar-refractivity contribution is 0.242. The summed E-state index contributed by atoms with van der Waals surface area (Å²) >= 11 is 0. The van der Waals surface area contributed by atoms with E-state index in [-0.39, 0.29) is 6.03 Å². The standard InChI is InChI=1S/C20H22N2O2/c1-17-9-5-6-12-19(17)24-16-8-7-14-21-20(23)22-15-13-18-10-3-2-4-11-18/h2-6,9-12H,13-16H2,1H3,(H2,21,22,23). The molecule has 0 radical (unpaired) electrons. The lowest BCUT2D eigenvalue weighted by Crippen LogP contribution is -2.36. The van der Waals surface area contributed by atoms with E-state index in [0.717, 1.165) is 17.7 Å². The van der Waals surface area contributed by atoms with Gasteiger partial charge in [-0.1, -0.05) is 60.4 Å². The minimum atomic E-state index is -0.208. The fourth-order valence-corrected chi connectivity index (χ4v) is 2.10. The van der Waals surface area contributed by atoms with Crippen LogP contribution in [0, 0.1) is 18.8 Å². The van der Waals surface area contributed by atoms with Crippen LogP contribution < -0.4 is 15.4 Å². The molecule has 0 bridgehead atoms. The Balaban J connectivity index is 1.57. The fourth-order valence-electron chi connectivity index (χ4n) is 2.10. The second-order valence-electron chi connectivity index (χ2n) is 5.25. The fraction of sp³-hybridized carbons (Fsp3) is 0.250. The number of hydrogen-bond donors (Lipinski definition) is 2. The van der Waals surface area contributed by atoms with Crippen molar-refractivity contribution in [3.05, 3.63) is 65.7 Å². The number of carbonyl (C=O) groups excluding carboxylic acids is 1. The first-order chi connectivity index (χ1) is 11.8. The molecule has 24 heavy (non-hydrogen) atoms. The van der Waals surface area contributed by atoms with Gasteiger partial charge in [0.25, 0.3) is 0 Å². The number of urea groups is 1. The van der Waals surface area contributed by atoms with E-state index < -0.39 is 0 Å². The Bertz CT molecular complexity index is 702. The van der Waals surface area contributed by atoms with Crippen LogP contribution in [0.1, 0.15) is 11.1 Å². The van der Waals surface area contributed by atoms with Crippen molar-refractivity contribution in [2.24, 2.45) is 0 Å². The van der Waals surface area contributed by atoms with Gasteiger partial charge in [-0.25, -0.2) is 4.79 Å². The second-order valence-corrected chi connectivity index (χ2v) is 5.25. The van der Waals surface area contributed by atoms with Crippen molar-refractivity contribution in [1.82, 2.24) is 10.6 Å². The van der Waals surface area contributed by atoms with E-state index in [1.807, 2.05) is 61.5 Å². The van der Waals surface area contributed by atoms with Crippen molar-refractivity contribution < 1.29 is 9.53 Å². The second kappa shape index (κ2) is 9.96. The summed E-state index contributed by atoms with van der Waals surface area (Å²) in [4.78, 5) is 11.6. The maximum absolute atomic E-state index is 11.6. The van der Waals surface area contributed by atoms with Crippen LogP contribution in [0.4, 0.5) is 4.79 Å². The first kappa shape index (κ1) is 17.4. The van der Waals surface area contributed by atoms with E-state index in [1.54, 1.807) is 0 Å². The number of aryl methyl sites for hydroxylation is 1. The zero-order chi connectivity index (χ0) is 17.0. The summed E-state index contributed by atoms with van der Waals surface area (Å²) in [6.45, 7) is 3.19. The van der Waals surface area contributed by atoms with E-state index >= 15 is 0 Å². The van der Waals surface area contributed by atoms with Crippen molar-refractivity contribution in [3.8, 4) is 17.6 Å². The van der Waals surface area contributed by atoms with Crippen LogP contribution in [-0.4, -0.2) is 25.7 Å². The molecule has 2 rings (SSSR count). The molecule has 0 saturated heterocycles. The minimum Gasteiger partial charge on any atom is -0.481 e. The average Bonchev–Trinajstić information content (AvgIpc) is 2.60. The summed E-state index contributed by atoms with van der Waals surface area (Å²) < 4.78 is 5.56. The summed E-state index contributed by atoms with van der Waals surface area (Å²) in [5, 5.41) is 5.51. The SMILES string of the molecule is Cc1ccccc1OCC#CCNC(=O)NCCc1ccccc1. The maximum atomic E-state index is 11.6.